The van der Waals surface area contributed by atoms with E-state index in [4.69, 9.17) is 9.47 Å². The third kappa shape index (κ3) is 5.62. The van der Waals surface area contributed by atoms with Crippen LogP contribution in [0.5, 0.6) is 5.75 Å². The molecule has 0 bridgehead atoms. The Balaban J connectivity index is 1.75. The molecule has 3 heteroatoms. The van der Waals surface area contributed by atoms with E-state index < -0.39 is 0 Å². The maximum atomic E-state index is 5.57. The Morgan fingerprint density at radius 1 is 1.05 bits per heavy atom. The van der Waals surface area contributed by atoms with Gasteiger partial charge in [-0.2, -0.15) is 0 Å². The standard InChI is InChI=1S/C19H31NO2/c1-15(2)18-9-11-20(12-10-18)13-17-5-7-19(8-6-17)22-14-21-16(3)4/h5-8,15-16,18H,9-14H2,1-4H3. The van der Waals surface area contributed by atoms with Crippen LogP contribution >= 0.6 is 0 Å². The molecule has 1 aliphatic heterocycles. The van der Waals surface area contributed by atoms with Gasteiger partial charge in [-0.15, -0.1) is 0 Å². The van der Waals surface area contributed by atoms with E-state index >= 15 is 0 Å². The minimum Gasteiger partial charge on any atom is -0.468 e. The average Bonchev–Trinajstić information content (AvgIpc) is 2.49. The second kappa shape index (κ2) is 8.54. The molecule has 2 rings (SSSR count). The average molecular weight is 305 g/mol. The van der Waals surface area contributed by atoms with Crippen molar-refractivity contribution >= 4 is 0 Å². The van der Waals surface area contributed by atoms with E-state index in [1.54, 1.807) is 0 Å². The molecule has 1 aliphatic rings. The Morgan fingerprint density at radius 2 is 1.68 bits per heavy atom. The maximum Gasteiger partial charge on any atom is 0.189 e. The van der Waals surface area contributed by atoms with Crippen molar-refractivity contribution in [1.29, 1.82) is 0 Å². The predicted molar refractivity (Wildman–Crippen MR) is 91.0 cm³/mol. The molecule has 0 radical (unpaired) electrons. The molecule has 0 unspecified atom stereocenters. The SMILES string of the molecule is CC(C)OCOc1ccc(CN2CCC(C(C)C)CC2)cc1. The number of hydrogen-bond acceptors (Lipinski definition) is 3. The number of piperidine rings is 1. The van der Waals surface area contributed by atoms with Gasteiger partial charge in [0.25, 0.3) is 0 Å². The minimum atomic E-state index is 0.202. The summed E-state index contributed by atoms with van der Waals surface area (Å²) in [6.45, 7) is 12.5. The number of rotatable bonds is 7. The Labute approximate surface area is 135 Å². The van der Waals surface area contributed by atoms with Crippen LogP contribution in [-0.4, -0.2) is 30.9 Å². The number of nitrogens with zero attached hydrogens (tertiary/aromatic N) is 1. The first-order valence-corrected chi connectivity index (χ1v) is 8.60. The second-order valence-corrected chi connectivity index (χ2v) is 6.98. The van der Waals surface area contributed by atoms with Crippen molar-refractivity contribution in [2.75, 3.05) is 19.9 Å². The minimum absolute atomic E-state index is 0.202. The molecule has 124 valence electrons. The van der Waals surface area contributed by atoms with Crippen molar-refractivity contribution in [3.05, 3.63) is 29.8 Å². The van der Waals surface area contributed by atoms with Gasteiger partial charge < -0.3 is 9.47 Å². The summed E-state index contributed by atoms with van der Waals surface area (Å²) in [6.07, 6.45) is 2.88. The molecule has 0 saturated carbocycles. The van der Waals surface area contributed by atoms with Crippen molar-refractivity contribution in [3.8, 4) is 5.75 Å². The van der Waals surface area contributed by atoms with Gasteiger partial charge in [-0.05, 0) is 69.3 Å². The fourth-order valence-electron chi connectivity index (χ4n) is 2.97. The Kier molecular flexibility index (Phi) is 6.71. The van der Waals surface area contributed by atoms with Crippen molar-refractivity contribution in [2.45, 2.75) is 53.2 Å². The molecule has 1 aromatic carbocycles. The molecular weight excluding hydrogens is 274 g/mol. The van der Waals surface area contributed by atoms with Gasteiger partial charge in [0.15, 0.2) is 6.79 Å². The summed E-state index contributed by atoms with van der Waals surface area (Å²) >= 11 is 0. The van der Waals surface area contributed by atoms with Crippen LogP contribution in [0.3, 0.4) is 0 Å². The zero-order chi connectivity index (χ0) is 15.9. The molecule has 1 aromatic rings. The topological polar surface area (TPSA) is 21.7 Å². The summed E-state index contributed by atoms with van der Waals surface area (Å²) in [5.41, 5.74) is 1.36. The van der Waals surface area contributed by atoms with Gasteiger partial charge in [0.2, 0.25) is 0 Å². The van der Waals surface area contributed by atoms with E-state index in [0.717, 1.165) is 24.1 Å². The molecule has 1 heterocycles. The molecule has 0 spiro atoms. The Hall–Kier alpha value is -1.06. The third-order valence-electron chi connectivity index (χ3n) is 4.53. The van der Waals surface area contributed by atoms with Crippen LogP contribution < -0.4 is 4.74 Å². The number of hydrogen-bond donors (Lipinski definition) is 0. The van der Waals surface area contributed by atoms with Crippen LogP contribution in [0.4, 0.5) is 0 Å². The van der Waals surface area contributed by atoms with Crippen LogP contribution in [-0.2, 0) is 11.3 Å². The van der Waals surface area contributed by atoms with Gasteiger partial charge in [0, 0.05) is 6.54 Å². The highest BCUT2D eigenvalue weighted by molar-refractivity contribution is 5.27. The first-order valence-electron chi connectivity index (χ1n) is 8.60. The van der Waals surface area contributed by atoms with Crippen molar-refractivity contribution < 1.29 is 9.47 Å². The maximum absolute atomic E-state index is 5.57. The quantitative estimate of drug-likeness (QED) is 0.700. The summed E-state index contributed by atoms with van der Waals surface area (Å²) in [6, 6.07) is 8.41. The highest BCUT2D eigenvalue weighted by Crippen LogP contribution is 2.25. The van der Waals surface area contributed by atoms with Crippen LogP contribution in [0.15, 0.2) is 24.3 Å². The summed E-state index contributed by atoms with van der Waals surface area (Å²) in [7, 11) is 0. The Bertz CT molecular complexity index is 420. The zero-order valence-electron chi connectivity index (χ0n) is 14.5. The van der Waals surface area contributed by atoms with Gasteiger partial charge >= 0.3 is 0 Å². The van der Waals surface area contributed by atoms with Crippen LogP contribution in [0, 0.1) is 11.8 Å². The molecule has 0 N–H and O–H groups in total. The highest BCUT2D eigenvalue weighted by Gasteiger charge is 2.21. The third-order valence-corrected chi connectivity index (χ3v) is 4.53. The molecule has 0 amide bonds. The molecule has 0 aromatic heterocycles. The summed E-state index contributed by atoms with van der Waals surface area (Å²) in [5, 5.41) is 0. The molecular formula is C19H31NO2. The highest BCUT2D eigenvalue weighted by atomic mass is 16.7. The molecule has 0 atom stereocenters. The van der Waals surface area contributed by atoms with E-state index in [1.165, 1.54) is 31.5 Å². The van der Waals surface area contributed by atoms with Crippen LogP contribution in [0.2, 0.25) is 0 Å². The smallest absolute Gasteiger partial charge is 0.189 e. The first kappa shape index (κ1) is 17.3. The molecule has 1 fully saturated rings. The lowest BCUT2D eigenvalue weighted by molar-refractivity contribution is -0.0200. The summed E-state index contributed by atoms with van der Waals surface area (Å²) in [4.78, 5) is 2.57. The molecule has 1 saturated heterocycles. The van der Waals surface area contributed by atoms with Gasteiger partial charge in [-0.1, -0.05) is 26.0 Å². The second-order valence-electron chi connectivity index (χ2n) is 6.98. The van der Waals surface area contributed by atoms with Crippen molar-refractivity contribution in [2.24, 2.45) is 11.8 Å². The van der Waals surface area contributed by atoms with E-state index in [2.05, 4.69) is 30.9 Å². The number of benzene rings is 1. The van der Waals surface area contributed by atoms with Gasteiger partial charge in [0.1, 0.15) is 5.75 Å². The number of ether oxygens (including phenoxy) is 2. The van der Waals surface area contributed by atoms with Gasteiger partial charge in [-0.3, -0.25) is 4.90 Å². The lowest BCUT2D eigenvalue weighted by Crippen LogP contribution is -2.34. The van der Waals surface area contributed by atoms with E-state index in [-0.39, 0.29) is 6.10 Å². The summed E-state index contributed by atoms with van der Waals surface area (Å²) < 4.78 is 11.0. The van der Waals surface area contributed by atoms with Crippen LogP contribution in [0.1, 0.15) is 46.1 Å². The zero-order valence-corrected chi connectivity index (χ0v) is 14.5. The van der Waals surface area contributed by atoms with Crippen molar-refractivity contribution in [3.63, 3.8) is 0 Å². The lowest BCUT2D eigenvalue weighted by Gasteiger charge is -2.33. The van der Waals surface area contributed by atoms with Gasteiger partial charge in [-0.25, -0.2) is 0 Å². The first-order chi connectivity index (χ1) is 10.5. The van der Waals surface area contributed by atoms with Crippen LogP contribution in [0.25, 0.3) is 0 Å². The van der Waals surface area contributed by atoms with E-state index in [1.807, 2.05) is 26.0 Å². The van der Waals surface area contributed by atoms with Crippen molar-refractivity contribution in [1.82, 2.24) is 4.90 Å². The Morgan fingerprint density at radius 3 is 2.23 bits per heavy atom. The molecule has 22 heavy (non-hydrogen) atoms. The van der Waals surface area contributed by atoms with Gasteiger partial charge in [0.05, 0.1) is 6.10 Å². The predicted octanol–water partition coefficient (Wildman–Crippen LogP) is 4.32. The fraction of sp³-hybridized carbons (Fsp3) is 0.684. The lowest BCUT2D eigenvalue weighted by atomic mass is 9.86. The fourth-order valence-corrected chi connectivity index (χ4v) is 2.97. The largest absolute Gasteiger partial charge is 0.468 e. The van der Waals surface area contributed by atoms with E-state index in [0.29, 0.717) is 6.79 Å². The molecule has 3 nitrogen and oxygen atoms in total. The normalized spacial score (nSPS) is 17.4. The monoisotopic (exact) mass is 305 g/mol. The number of likely N-dealkylation sites (tertiary alicyclic amines) is 1. The van der Waals surface area contributed by atoms with E-state index in [9.17, 15) is 0 Å². The molecule has 0 aliphatic carbocycles. The summed E-state index contributed by atoms with van der Waals surface area (Å²) in [5.74, 6) is 2.61.